The summed E-state index contributed by atoms with van der Waals surface area (Å²) in [4.78, 5) is 0. The smallest absolute Gasteiger partial charge is 0.0622 e. The number of benzene rings is 13. The van der Waals surface area contributed by atoms with Crippen molar-refractivity contribution in [1.82, 2.24) is 0 Å². The Morgan fingerprint density at radius 2 is 0.667 bits per heavy atom. The fourth-order valence-corrected chi connectivity index (χ4v) is 8.66. The third kappa shape index (κ3) is 4.87. The summed E-state index contributed by atoms with van der Waals surface area (Å²) in [5, 5.41) is -6.11. The van der Waals surface area contributed by atoms with Gasteiger partial charge in [0.05, 0.1) is 57.5 Å². The molecular weight excluding hydrogens is 757 g/mol. The topological polar surface area (TPSA) is 0 Å². The Hall–Kier alpha value is -8.06. The first-order valence-corrected chi connectivity index (χ1v) is 19.0. The van der Waals surface area contributed by atoms with Crippen LogP contribution in [0.1, 0.15) is 74.3 Å². The molecule has 13 aromatic rings. The molecular formula is C63H38. The lowest BCUT2D eigenvalue weighted by Crippen LogP contribution is -2.28. The lowest BCUT2D eigenvalue weighted by atomic mass is 9.67. The van der Waals surface area contributed by atoms with Crippen LogP contribution < -0.4 is 0 Å². The first kappa shape index (κ1) is 14.2. The second kappa shape index (κ2) is 13.0. The van der Waals surface area contributed by atoms with Crippen LogP contribution in [0.4, 0.5) is 0 Å². The molecule has 0 spiro atoms. The van der Waals surface area contributed by atoms with Crippen molar-refractivity contribution in [2.24, 2.45) is 0 Å². The van der Waals surface area contributed by atoms with Crippen molar-refractivity contribution in [3.05, 3.63) is 252 Å². The van der Waals surface area contributed by atoms with Crippen molar-refractivity contribution < 1.29 is 52.1 Å². The van der Waals surface area contributed by atoms with Crippen LogP contribution in [-0.4, -0.2) is 0 Å². The molecule has 1 aliphatic carbocycles. The predicted molar refractivity (Wildman–Crippen MR) is 267 cm³/mol. The lowest BCUT2D eigenvalue weighted by Gasteiger charge is -2.34. The standard InChI is InChI=1S/C63H38/c1-3-15-51(16-4-1)63(52-17-5-2-6-18-52)57-37-45(39-20-22-40(23-21-39)56-36-47-14-8-12-43-24-25-44-13-9-19-55(56)62(44)60(43)47)30-32-53(57)54-33-31-46(38-58(54)63)50-34-48-28-26-41-10-7-11-42-27-29-49(35-50)61(48)59(41)42/h1-38H/i1D,2D,3D,4D,5D,6D,7D,8D,9D,10D,11D,12D,13D,14D,15D,16D,17D,18D,19D,20D,21D,22D,23D,24D,25D,26D,27D,28D,29D,30D,31D,32D,33D,34D,35D,36D,37D,38D. The van der Waals surface area contributed by atoms with Gasteiger partial charge in [0.1, 0.15) is 0 Å². The third-order valence-corrected chi connectivity index (χ3v) is 11.3. The van der Waals surface area contributed by atoms with Crippen LogP contribution in [0.15, 0.2) is 230 Å². The van der Waals surface area contributed by atoms with Crippen molar-refractivity contribution in [3.63, 3.8) is 0 Å². The van der Waals surface area contributed by atoms with E-state index in [1.54, 1.807) is 0 Å². The molecule has 63 heavy (non-hydrogen) atoms. The quantitative estimate of drug-likeness (QED) is 0.152. The molecule has 0 N–H and O–H groups in total. The third-order valence-electron chi connectivity index (χ3n) is 11.3. The van der Waals surface area contributed by atoms with Gasteiger partial charge in [-0.2, -0.15) is 0 Å². The molecule has 0 aromatic heterocycles. The van der Waals surface area contributed by atoms with Crippen LogP contribution in [0.5, 0.6) is 0 Å². The average molecular weight is 833 g/mol. The minimum atomic E-state index is -3.61. The highest BCUT2D eigenvalue weighted by Gasteiger charge is 2.46. The summed E-state index contributed by atoms with van der Waals surface area (Å²) >= 11 is 0. The summed E-state index contributed by atoms with van der Waals surface area (Å²) in [6, 6.07) is -41.3. The molecule has 0 radical (unpaired) electrons. The van der Waals surface area contributed by atoms with Crippen LogP contribution >= 0.6 is 0 Å². The normalized spacial score (nSPS) is 21.7. The number of hydrogen-bond donors (Lipinski definition) is 0. The summed E-state index contributed by atoms with van der Waals surface area (Å²) in [6.07, 6.45) is 0. The van der Waals surface area contributed by atoms with E-state index in [-0.39, 0.29) is 10.8 Å². The van der Waals surface area contributed by atoms with Crippen molar-refractivity contribution in [1.29, 1.82) is 0 Å². The molecule has 0 fully saturated rings. The number of hydrogen-bond acceptors (Lipinski definition) is 0. The first-order valence-electron chi connectivity index (χ1n) is 38.0. The zero-order chi connectivity index (χ0) is 74.3. The van der Waals surface area contributed by atoms with Gasteiger partial charge in [0, 0.05) is 0 Å². The Kier molecular flexibility index (Phi) is 2.93. The average Bonchev–Trinajstić information content (AvgIpc) is 1.59. The van der Waals surface area contributed by atoms with E-state index in [4.69, 9.17) is 21.9 Å². The van der Waals surface area contributed by atoms with Crippen molar-refractivity contribution in [2.45, 2.75) is 5.41 Å². The molecule has 0 aliphatic heterocycles. The van der Waals surface area contributed by atoms with Gasteiger partial charge in [0.25, 0.3) is 0 Å². The number of fused-ring (bicyclic) bond motifs is 3. The van der Waals surface area contributed by atoms with Crippen molar-refractivity contribution >= 4 is 64.6 Å². The van der Waals surface area contributed by atoms with Crippen LogP contribution in [0, 0.1) is 0 Å². The van der Waals surface area contributed by atoms with Gasteiger partial charge in [-0.05, 0) is 162 Å². The van der Waals surface area contributed by atoms with Gasteiger partial charge in [-0.1, -0.05) is 199 Å². The predicted octanol–water partition coefficient (Wildman–Crippen LogP) is 16.8. The molecule has 0 nitrogen and oxygen atoms in total. The molecule has 0 atom stereocenters. The van der Waals surface area contributed by atoms with Crippen LogP contribution in [0.2, 0.25) is 0 Å². The Morgan fingerprint density at radius 3 is 1.24 bits per heavy atom. The maximum Gasteiger partial charge on any atom is 0.0713 e. The molecule has 0 heterocycles. The summed E-state index contributed by atoms with van der Waals surface area (Å²) in [7, 11) is 0. The minimum absolute atomic E-state index is 0.356. The molecule has 290 valence electrons. The van der Waals surface area contributed by atoms with Crippen LogP contribution in [0.3, 0.4) is 0 Å². The molecule has 1 aliphatic rings. The molecule has 14 rings (SSSR count). The summed E-state index contributed by atoms with van der Waals surface area (Å²) in [5.41, 5.74) is -16.5. The number of rotatable bonds is 5. The van der Waals surface area contributed by atoms with Crippen molar-refractivity contribution in [2.75, 3.05) is 0 Å². The highest BCUT2D eigenvalue weighted by molar-refractivity contribution is 6.26. The fraction of sp³-hybridized carbons (Fsp3) is 0.0159. The zero-order valence-electron chi connectivity index (χ0n) is 69.5. The van der Waals surface area contributed by atoms with E-state index in [1.807, 2.05) is 0 Å². The van der Waals surface area contributed by atoms with Gasteiger partial charge in [0.2, 0.25) is 0 Å². The van der Waals surface area contributed by atoms with E-state index in [0.29, 0.717) is 0 Å². The van der Waals surface area contributed by atoms with Gasteiger partial charge in [0.15, 0.2) is 0 Å². The SMILES string of the molecule is [2H]c1c([2H])c([2H])c(C2(c3c([2H])c([2H])c([2H])c([2H])c3[2H])c3c([2H])c(-c4c([2H])c([2H])c(-c5c([2H])c6c([2H])c([2H])c([2H])c7c([2H])c([2H])c8c([2H])c([2H])c([2H])c5c8c76)c([2H])c4[2H])c([2H])c([2H])c3-c3c([2H])c([2H])c(-c4c([2H])c5c([2H])c([2H])c6c([2H])c([2H])c([2H])c7c([2H])c([2H])c(c4[2H])c5c67)c([2H])c32)c([2H])c1[2H]. The van der Waals surface area contributed by atoms with Gasteiger partial charge < -0.3 is 0 Å². The van der Waals surface area contributed by atoms with Gasteiger partial charge >= 0.3 is 0 Å². The highest BCUT2D eigenvalue weighted by Crippen LogP contribution is 2.57. The first-order chi connectivity index (χ1) is 47.1. The minimum Gasteiger partial charge on any atom is -0.0622 e. The molecule has 0 heteroatoms. The van der Waals surface area contributed by atoms with Crippen LogP contribution in [-0.2, 0) is 5.41 Å². The van der Waals surface area contributed by atoms with Crippen molar-refractivity contribution in [3.8, 4) is 44.5 Å². The summed E-state index contributed by atoms with van der Waals surface area (Å²) in [6.45, 7) is 0. The zero-order valence-corrected chi connectivity index (χ0v) is 31.5. The maximum absolute atomic E-state index is 10.6. The van der Waals surface area contributed by atoms with E-state index in [9.17, 15) is 30.2 Å². The second-order valence-corrected chi connectivity index (χ2v) is 14.5. The molecule has 0 bridgehead atoms. The van der Waals surface area contributed by atoms with E-state index in [2.05, 4.69) is 0 Å². The van der Waals surface area contributed by atoms with E-state index in [1.165, 1.54) is 0 Å². The Balaban J connectivity index is 1.19. The molecule has 0 amide bonds. The van der Waals surface area contributed by atoms with Gasteiger partial charge in [-0.3, -0.25) is 0 Å². The molecule has 0 unspecified atom stereocenters. The Bertz CT molecular complexity index is 5980. The monoisotopic (exact) mass is 833 g/mol. The molecule has 0 saturated carbocycles. The van der Waals surface area contributed by atoms with E-state index in [0.717, 1.165) is 0 Å². The largest absolute Gasteiger partial charge is 0.0713 e. The molecule has 13 aromatic carbocycles. The van der Waals surface area contributed by atoms with E-state index < -0.39 is 356 Å². The Morgan fingerprint density at radius 1 is 0.254 bits per heavy atom. The van der Waals surface area contributed by atoms with Gasteiger partial charge in [-0.15, -0.1) is 0 Å². The Labute approximate surface area is 419 Å². The van der Waals surface area contributed by atoms with Gasteiger partial charge in [-0.25, -0.2) is 0 Å². The maximum atomic E-state index is 10.6. The lowest BCUT2D eigenvalue weighted by molar-refractivity contribution is 0.769. The van der Waals surface area contributed by atoms with Crippen LogP contribution in [0.25, 0.3) is 109 Å². The summed E-state index contributed by atoms with van der Waals surface area (Å²) in [5.74, 6) is 0. The van der Waals surface area contributed by atoms with E-state index >= 15 is 0 Å². The highest BCUT2D eigenvalue weighted by atomic mass is 14.5. The summed E-state index contributed by atoms with van der Waals surface area (Å²) < 4.78 is 358. The second-order valence-electron chi connectivity index (χ2n) is 14.5. The fourth-order valence-electron chi connectivity index (χ4n) is 8.66. The molecule has 0 saturated heterocycles.